The van der Waals surface area contributed by atoms with E-state index in [4.69, 9.17) is 4.74 Å². The van der Waals surface area contributed by atoms with Gasteiger partial charge in [-0.25, -0.2) is 13.2 Å². The Hall–Kier alpha value is -1.78. The van der Waals surface area contributed by atoms with Crippen molar-refractivity contribution in [1.29, 1.82) is 0 Å². The highest BCUT2D eigenvalue weighted by Crippen LogP contribution is 2.18. The molecule has 0 aliphatic carbocycles. The minimum atomic E-state index is -3.84. The Bertz CT molecular complexity index is 868. The first kappa shape index (κ1) is 25.5. The summed E-state index contributed by atoms with van der Waals surface area (Å²) in [6.45, 7) is 6.65. The second kappa shape index (κ2) is 11.7. The SMILES string of the molecule is CCOC(=O)N1CCC(NC(=O)C(CCSC)NS(=O)(=O)c2cc(C)ccc2C)CC1. The van der Waals surface area contributed by atoms with Gasteiger partial charge in [0.05, 0.1) is 11.5 Å². The Morgan fingerprint density at radius 1 is 1.26 bits per heavy atom. The minimum Gasteiger partial charge on any atom is -0.450 e. The van der Waals surface area contributed by atoms with Gasteiger partial charge >= 0.3 is 6.09 Å². The monoisotopic (exact) mass is 471 g/mol. The van der Waals surface area contributed by atoms with E-state index in [0.717, 1.165) is 5.56 Å². The molecule has 31 heavy (non-hydrogen) atoms. The van der Waals surface area contributed by atoms with Crippen LogP contribution in [0.1, 0.15) is 37.3 Å². The normalized spacial score (nSPS) is 16.1. The highest BCUT2D eigenvalue weighted by molar-refractivity contribution is 7.98. The van der Waals surface area contributed by atoms with Gasteiger partial charge in [0, 0.05) is 19.1 Å². The van der Waals surface area contributed by atoms with Crippen molar-refractivity contribution >= 4 is 33.8 Å². The smallest absolute Gasteiger partial charge is 0.409 e. The van der Waals surface area contributed by atoms with Crippen LogP contribution in [0, 0.1) is 13.8 Å². The lowest BCUT2D eigenvalue weighted by Gasteiger charge is -2.32. The average Bonchev–Trinajstić information content (AvgIpc) is 2.73. The number of piperidine rings is 1. The molecule has 1 aliphatic heterocycles. The molecule has 8 nitrogen and oxygen atoms in total. The van der Waals surface area contributed by atoms with Crippen molar-refractivity contribution in [2.75, 3.05) is 31.7 Å². The Kier molecular flexibility index (Phi) is 9.64. The van der Waals surface area contributed by atoms with Crippen molar-refractivity contribution in [1.82, 2.24) is 14.9 Å². The fraction of sp³-hybridized carbons (Fsp3) is 0.619. The highest BCUT2D eigenvalue weighted by atomic mass is 32.2. The molecule has 1 aromatic carbocycles. The zero-order valence-corrected chi connectivity index (χ0v) is 20.3. The van der Waals surface area contributed by atoms with Crippen LogP contribution in [0.15, 0.2) is 23.1 Å². The summed E-state index contributed by atoms with van der Waals surface area (Å²) in [5, 5.41) is 2.97. The fourth-order valence-electron chi connectivity index (χ4n) is 3.45. The van der Waals surface area contributed by atoms with Crippen LogP contribution in [0.4, 0.5) is 4.79 Å². The van der Waals surface area contributed by atoms with Crippen molar-refractivity contribution in [3.63, 3.8) is 0 Å². The van der Waals surface area contributed by atoms with E-state index in [1.807, 2.05) is 19.2 Å². The molecule has 1 heterocycles. The first-order valence-electron chi connectivity index (χ1n) is 10.5. The number of nitrogens with one attached hydrogen (secondary N) is 2. The third kappa shape index (κ3) is 7.40. The van der Waals surface area contributed by atoms with Gasteiger partial charge in [-0.3, -0.25) is 4.79 Å². The van der Waals surface area contributed by atoms with Gasteiger partial charge in [0.25, 0.3) is 0 Å². The molecule has 0 bridgehead atoms. The van der Waals surface area contributed by atoms with Gasteiger partial charge in [-0.1, -0.05) is 12.1 Å². The van der Waals surface area contributed by atoms with Crippen molar-refractivity contribution in [2.45, 2.75) is 57.0 Å². The van der Waals surface area contributed by atoms with Gasteiger partial charge in [0.15, 0.2) is 0 Å². The van der Waals surface area contributed by atoms with Gasteiger partial charge in [-0.2, -0.15) is 16.5 Å². The predicted molar refractivity (Wildman–Crippen MR) is 123 cm³/mol. The molecular formula is C21H33N3O5S2. The highest BCUT2D eigenvalue weighted by Gasteiger charge is 2.30. The molecule has 1 unspecified atom stereocenters. The molecule has 2 amide bonds. The topological polar surface area (TPSA) is 105 Å². The molecule has 0 spiro atoms. The van der Waals surface area contributed by atoms with Crippen LogP contribution in [0.2, 0.25) is 0 Å². The zero-order chi connectivity index (χ0) is 23.0. The number of hydrogen-bond acceptors (Lipinski definition) is 6. The van der Waals surface area contributed by atoms with E-state index in [0.29, 0.717) is 50.3 Å². The quantitative estimate of drug-likeness (QED) is 0.573. The number of nitrogens with zero attached hydrogens (tertiary/aromatic N) is 1. The first-order chi connectivity index (χ1) is 14.7. The zero-order valence-electron chi connectivity index (χ0n) is 18.6. The summed E-state index contributed by atoms with van der Waals surface area (Å²) in [6, 6.07) is 4.26. The van der Waals surface area contributed by atoms with Crippen LogP contribution in [0.3, 0.4) is 0 Å². The Balaban J connectivity index is 2.04. The minimum absolute atomic E-state index is 0.111. The van der Waals surface area contributed by atoms with E-state index in [-0.39, 0.29) is 22.9 Å². The second-order valence-corrected chi connectivity index (χ2v) is 10.4. The van der Waals surface area contributed by atoms with E-state index in [1.165, 1.54) is 0 Å². The van der Waals surface area contributed by atoms with Crippen LogP contribution >= 0.6 is 11.8 Å². The maximum atomic E-state index is 13.0. The average molecular weight is 472 g/mol. The number of benzene rings is 1. The fourth-order valence-corrected chi connectivity index (χ4v) is 5.48. The lowest BCUT2D eigenvalue weighted by atomic mass is 10.0. The summed E-state index contributed by atoms with van der Waals surface area (Å²) in [4.78, 5) is 26.6. The van der Waals surface area contributed by atoms with Gasteiger partial charge < -0.3 is 15.0 Å². The molecule has 0 saturated carbocycles. The number of carbonyl (C=O) groups excluding carboxylic acids is 2. The molecule has 1 fully saturated rings. The maximum Gasteiger partial charge on any atom is 0.409 e. The number of thioether (sulfide) groups is 1. The molecule has 1 atom stereocenters. The van der Waals surface area contributed by atoms with E-state index in [9.17, 15) is 18.0 Å². The van der Waals surface area contributed by atoms with Crippen LogP contribution in [0.5, 0.6) is 0 Å². The summed E-state index contributed by atoms with van der Waals surface area (Å²) < 4.78 is 33.6. The lowest BCUT2D eigenvalue weighted by molar-refractivity contribution is -0.123. The number of likely N-dealkylation sites (tertiary alicyclic amines) is 1. The van der Waals surface area contributed by atoms with Crippen LogP contribution in [0.25, 0.3) is 0 Å². The van der Waals surface area contributed by atoms with Gasteiger partial charge in [0.2, 0.25) is 15.9 Å². The summed E-state index contributed by atoms with van der Waals surface area (Å²) in [5.74, 6) is 0.312. The van der Waals surface area contributed by atoms with Crippen molar-refractivity contribution in [2.24, 2.45) is 0 Å². The van der Waals surface area contributed by atoms with E-state index in [1.54, 1.807) is 42.6 Å². The van der Waals surface area contributed by atoms with Crippen LogP contribution in [-0.2, 0) is 19.6 Å². The first-order valence-corrected chi connectivity index (χ1v) is 13.4. The van der Waals surface area contributed by atoms with Crippen molar-refractivity contribution in [3.8, 4) is 0 Å². The van der Waals surface area contributed by atoms with Crippen LogP contribution < -0.4 is 10.0 Å². The van der Waals surface area contributed by atoms with Gasteiger partial charge in [0.1, 0.15) is 6.04 Å². The standard InChI is InChI=1S/C21H33N3O5S2/c1-5-29-21(26)24-11-8-17(9-12-24)22-20(25)18(10-13-30-4)23-31(27,28)19-14-15(2)6-7-16(19)3/h6-7,14,17-18,23H,5,8-13H2,1-4H3,(H,22,25). The largest absolute Gasteiger partial charge is 0.450 e. The molecule has 2 rings (SSSR count). The lowest BCUT2D eigenvalue weighted by Crippen LogP contribution is -2.52. The third-order valence-corrected chi connectivity index (χ3v) is 7.48. The molecule has 1 aromatic rings. The molecule has 174 valence electrons. The molecule has 1 saturated heterocycles. The number of hydrogen-bond donors (Lipinski definition) is 2. The number of rotatable bonds is 9. The number of ether oxygens (including phenoxy) is 1. The summed E-state index contributed by atoms with van der Waals surface area (Å²) in [7, 11) is -3.84. The van der Waals surface area contributed by atoms with E-state index in [2.05, 4.69) is 10.0 Å². The van der Waals surface area contributed by atoms with Gasteiger partial charge in [-0.05, 0) is 69.2 Å². The molecule has 0 aromatic heterocycles. The number of sulfonamides is 1. The van der Waals surface area contributed by atoms with Crippen LogP contribution in [-0.4, -0.2) is 69.1 Å². The molecule has 1 aliphatic rings. The van der Waals surface area contributed by atoms with Crippen molar-refractivity contribution in [3.05, 3.63) is 29.3 Å². The third-order valence-electron chi connectivity index (χ3n) is 5.23. The Labute approximate surface area is 189 Å². The maximum absolute atomic E-state index is 13.0. The molecule has 2 N–H and O–H groups in total. The number of amides is 2. The summed E-state index contributed by atoms with van der Waals surface area (Å²) in [6.07, 6.45) is 3.16. The summed E-state index contributed by atoms with van der Waals surface area (Å²) >= 11 is 1.56. The van der Waals surface area contributed by atoms with Gasteiger partial charge in [-0.15, -0.1) is 0 Å². The van der Waals surface area contributed by atoms with Crippen molar-refractivity contribution < 1.29 is 22.7 Å². The van der Waals surface area contributed by atoms with E-state index < -0.39 is 16.1 Å². The second-order valence-electron chi connectivity index (χ2n) is 7.69. The Morgan fingerprint density at radius 2 is 1.94 bits per heavy atom. The molecule has 0 radical (unpaired) electrons. The van der Waals surface area contributed by atoms with E-state index >= 15 is 0 Å². The number of aryl methyl sites for hydroxylation is 2. The molecular weight excluding hydrogens is 438 g/mol. The predicted octanol–water partition coefficient (Wildman–Crippen LogP) is 2.44. The Morgan fingerprint density at radius 3 is 2.55 bits per heavy atom. The molecule has 10 heteroatoms. The summed E-state index contributed by atoms with van der Waals surface area (Å²) in [5.41, 5.74) is 1.47. The number of carbonyl (C=O) groups is 2.